The van der Waals surface area contributed by atoms with Crippen molar-refractivity contribution in [2.75, 3.05) is 0 Å². The summed E-state index contributed by atoms with van der Waals surface area (Å²) in [5.41, 5.74) is 1.77. The monoisotopic (exact) mass is 354 g/mol. The molecular formula is C18H26O7. The number of hydrogen-bond acceptors (Lipinski definition) is 6. The van der Waals surface area contributed by atoms with Crippen LogP contribution < -0.4 is 4.74 Å². The van der Waals surface area contributed by atoms with Crippen molar-refractivity contribution >= 4 is 5.97 Å². The minimum Gasteiger partial charge on any atom is -0.479 e. The van der Waals surface area contributed by atoms with Crippen molar-refractivity contribution in [2.24, 2.45) is 0 Å². The van der Waals surface area contributed by atoms with Crippen LogP contribution in [-0.4, -0.2) is 57.1 Å². The summed E-state index contributed by atoms with van der Waals surface area (Å²) in [4.78, 5) is 11.2. The highest BCUT2D eigenvalue weighted by Gasteiger charge is 2.48. The zero-order valence-corrected chi connectivity index (χ0v) is 14.8. The molecule has 1 aliphatic rings. The average Bonchev–Trinajstić information content (AvgIpc) is 2.54. The Morgan fingerprint density at radius 1 is 1.00 bits per heavy atom. The van der Waals surface area contributed by atoms with Crippen LogP contribution in [0.4, 0.5) is 0 Å². The summed E-state index contributed by atoms with van der Waals surface area (Å²) in [5.74, 6) is -0.682. The molecule has 7 heteroatoms. The standard InChI is InChI=1S/C18H26O7/c1-8(2)10-6-5-7-11(9(3)4)15(10)24-18-14(21)12(19)13(20)16(25-18)17(22)23/h5-9,12-14,16,18-21H,1-4H3,(H,22,23)/t12?,13-,14?,16?,18+/m0/s1. The number of para-hydroxylation sites is 1. The van der Waals surface area contributed by atoms with Crippen LogP contribution in [0, 0.1) is 0 Å². The Morgan fingerprint density at radius 2 is 1.52 bits per heavy atom. The maximum Gasteiger partial charge on any atom is 0.335 e. The number of benzene rings is 1. The third-order valence-electron chi connectivity index (χ3n) is 4.37. The SMILES string of the molecule is CC(C)c1cccc(C(C)C)c1O[C@@H]1OC(C(=O)O)[C@@H](O)C(O)C1O. The number of aliphatic hydroxyl groups is 3. The summed E-state index contributed by atoms with van der Waals surface area (Å²) in [5, 5.41) is 39.0. The van der Waals surface area contributed by atoms with Gasteiger partial charge in [0, 0.05) is 0 Å². The summed E-state index contributed by atoms with van der Waals surface area (Å²) < 4.78 is 11.1. The Balaban J connectivity index is 2.39. The molecule has 0 aromatic heterocycles. The Hall–Kier alpha value is -1.67. The molecule has 140 valence electrons. The first-order valence-electron chi connectivity index (χ1n) is 8.37. The van der Waals surface area contributed by atoms with Crippen molar-refractivity contribution in [3.05, 3.63) is 29.3 Å². The van der Waals surface area contributed by atoms with Gasteiger partial charge in [-0.25, -0.2) is 4.79 Å². The van der Waals surface area contributed by atoms with Crippen molar-refractivity contribution in [1.82, 2.24) is 0 Å². The number of carboxylic acid groups (broad SMARTS) is 1. The molecule has 0 aliphatic carbocycles. The highest BCUT2D eigenvalue weighted by atomic mass is 16.7. The summed E-state index contributed by atoms with van der Waals surface area (Å²) in [7, 11) is 0. The van der Waals surface area contributed by atoms with Crippen LogP contribution in [0.1, 0.15) is 50.7 Å². The lowest BCUT2D eigenvalue weighted by Crippen LogP contribution is -2.61. The van der Waals surface area contributed by atoms with Crippen LogP contribution >= 0.6 is 0 Å². The van der Waals surface area contributed by atoms with Gasteiger partial charge in [-0.15, -0.1) is 0 Å². The van der Waals surface area contributed by atoms with E-state index in [2.05, 4.69) is 0 Å². The van der Waals surface area contributed by atoms with E-state index < -0.39 is 36.7 Å². The van der Waals surface area contributed by atoms with Gasteiger partial charge in [0.2, 0.25) is 6.29 Å². The maximum absolute atomic E-state index is 11.2. The van der Waals surface area contributed by atoms with Gasteiger partial charge in [0.15, 0.2) is 6.10 Å². The quantitative estimate of drug-likeness (QED) is 0.628. The molecule has 7 nitrogen and oxygen atoms in total. The average molecular weight is 354 g/mol. The van der Waals surface area contributed by atoms with Gasteiger partial charge in [0.1, 0.15) is 24.1 Å². The highest BCUT2D eigenvalue weighted by Crippen LogP contribution is 2.36. The number of ether oxygens (including phenoxy) is 2. The molecule has 1 saturated heterocycles. The van der Waals surface area contributed by atoms with Crippen molar-refractivity contribution in [2.45, 2.75) is 70.2 Å². The van der Waals surface area contributed by atoms with Gasteiger partial charge in [0.25, 0.3) is 0 Å². The van der Waals surface area contributed by atoms with E-state index in [0.29, 0.717) is 5.75 Å². The van der Waals surface area contributed by atoms with E-state index in [1.54, 1.807) is 0 Å². The maximum atomic E-state index is 11.2. The van der Waals surface area contributed by atoms with Gasteiger partial charge in [0.05, 0.1) is 0 Å². The zero-order valence-electron chi connectivity index (χ0n) is 14.8. The van der Waals surface area contributed by atoms with Crippen molar-refractivity contribution in [1.29, 1.82) is 0 Å². The number of aliphatic hydroxyl groups excluding tert-OH is 3. The van der Waals surface area contributed by atoms with E-state index in [1.807, 2.05) is 45.9 Å². The van der Waals surface area contributed by atoms with Crippen LogP contribution in [0.2, 0.25) is 0 Å². The molecule has 1 fully saturated rings. The fourth-order valence-corrected chi connectivity index (χ4v) is 2.88. The first-order valence-corrected chi connectivity index (χ1v) is 8.37. The minimum atomic E-state index is -1.74. The normalized spacial score (nSPS) is 29.9. The second kappa shape index (κ2) is 7.70. The predicted molar refractivity (Wildman–Crippen MR) is 89.6 cm³/mol. The first-order chi connectivity index (χ1) is 11.6. The summed E-state index contributed by atoms with van der Waals surface area (Å²) in [6, 6.07) is 5.69. The highest BCUT2D eigenvalue weighted by molar-refractivity contribution is 5.73. The second-order valence-corrected chi connectivity index (χ2v) is 6.93. The molecule has 0 saturated carbocycles. The van der Waals surface area contributed by atoms with Crippen LogP contribution in [0.25, 0.3) is 0 Å². The summed E-state index contributed by atoms with van der Waals surface area (Å²) >= 11 is 0. The number of carbonyl (C=O) groups is 1. The summed E-state index contributed by atoms with van der Waals surface area (Å²) in [6.45, 7) is 7.96. The molecule has 0 radical (unpaired) electrons. The van der Waals surface area contributed by atoms with E-state index in [0.717, 1.165) is 11.1 Å². The molecule has 5 atom stereocenters. The third-order valence-corrected chi connectivity index (χ3v) is 4.37. The van der Waals surface area contributed by atoms with E-state index in [9.17, 15) is 20.1 Å². The lowest BCUT2D eigenvalue weighted by atomic mass is 9.93. The molecule has 1 aromatic rings. The topological polar surface area (TPSA) is 116 Å². The van der Waals surface area contributed by atoms with E-state index in [-0.39, 0.29) is 11.8 Å². The number of aliphatic carboxylic acids is 1. The van der Waals surface area contributed by atoms with E-state index in [4.69, 9.17) is 14.6 Å². The molecule has 3 unspecified atom stereocenters. The van der Waals surface area contributed by atoms with Crippen molar-refractivity contribution in [3.8, 4) is 5.75 Å². The zero-order chi connectivity index (χ0) is 18.9. The number of hydrogen-bond donors (Lipinski definition) is 4. The molecule has 0 amide bonds. The van der Waals surface area contributed by atoms with Crippen LogP contribution in [-0.2, 0) is 9.53 Å². The Bertz CT molecular complexity index is 587. The molecule has 1 heterocycles. The van der Waals surface area contributed by atoms with Gasteiger partial charge >= 0.3 is 5.97 Å². The predicted octanol–water partition coefficient (Wildman–Crippen LogP) is 1.20. The van der Waals surface area contributed by atoms with Crippen LogP contribution in [0.3, 0.4) is 0 Å². The van der Waals surface area contributed by atoms with E-state index >= 15 is 0 Å². The Morgan fingerprint density at radius 3 is 1.96 bits per heavy atom. The Labute approximate surface area is 146 Å². The van der Waals surface area contributed by atoms with Gasteiger partial charge in [-0.1, -0.05) is 45.9 Å². The summed E-state index contributed by atoms with van der Waals surface area (Å²) in [6.07, 6.45) is -8.09. The molecule has 0 spiro atoms. The Kier molecular flexibility index (Phi) is 6.05. The lowest BCUT2D eigenvalue weighted by Gasteiger charge is -2.39. The molecule has 0 bridgehead atoms. The van der Waals surface area contributed by atoms with Gasteiger partial charge in [-0.2, -0.15) is 0 Å². The molecule has 2 rings (SSSR count). The van der Waals surface area contributed by atoms with Gasteiger partial charge in [-0.05, 0) is 23.0 Å². The largest absolute Gasteiger partial charge is 0.479 e. The molecule has 4 N–H and O–H groups in total. The van der Waals surface area contributed by atoms with E-state index in [1.165, 1.54) is 0 Å². The molecule has 25 heavy (non-hydrogen) atoms. The fourth-order valence-electron chi connectivity index (χ4n) is 2.88. The van der Waals surface area contributed by atoms with Gasteiger partial charge < -0.3 is 29.9 Å². The lowest BCUT2D eigenvalue weighted by molar-refractivity contribution is -0.271. The third kappa shape index (κ3) is 3.95. The smallest absolute Gasteiger partial charge is 0.335 e. The fraction of sp³-hybridized carbons (Fsp3) is 0.611. The van der Waals surface area contributed by atoms with Crippen LogP contribution in [0.15, 0.2) is 18.2 Å². The first kappa shape index (κ1) is 19.7. The van der Waals surface area contributed by atoms with Crippen molar-refractivity contribution in [3.63, 3.8) is 0 Å². The number of carboxylic acids is 1. The molecule has 1 aliphatic heterocycles. The van der Waals surface area contributed by atoms with Gasteiger partial charge in [-0.3, -0.25) is 0 Å². The molecule has 1 aromatic carbocycles. The number of rotatable bonds is 5. The second-order valence-electron chi connectivity index (χ2n) is 6.93. The molecular weight excluding hydrogens is 328 g/mol. The van der Waals surface area contributed by atoms with Crippen molar-refractivity contribution < 1.29 is 34.7 Å². The minimum absolute atomic E-state index is 0.125. The van der Waals surface area contributed by atoms with Crippen LogP contribution in [0.5, 0.6) is 5.75 Å².